The summed E-state index contributed by atoms with van der Waals surface area (Å²) in [5.41, 5.74) is 0.127. The number of hydrogen-bond acceptors (Lipinski definition) is 1. The van der Waals surface area contributed by atoms with Gasteiger partial charge in [-0.1, -0.05) is 65.2 Å². The van der Waals surface area contributed by atoms with Gasteiger partial charge in [0.05, 0.1) is 5.41 Å². The van der Waals surface area contributed by atoms with E-state index in [-0.39, 0.29) is 5.41 Å². The Hall–Kier alpha value is -0.530. The normalized spacial score (nSPS) is 35.9. The lowest BCUT2D eigenvalue weighted by Crippen LogP contribution is -2.52. The third-order valence-corrected chi connectivity index (χ3v) is 9.08. The van der Waals surface area contributed by atoms with Crippen LogP contribution in [0.25, 0.3) is 0 Å². The Labute approximate surface area is 161 Å². The molecule has 0 aliphatic heterocycles. The number of aliphatic carboxylic acids is 1. The van der Waals surface area contributed by atoms with E-state index < -0.39 is 11.4 Å². The molecule has 0 heterocycles. The largest absolute Gasteiger partial charge is 0.481 e. The van der Waals surface area contributed by atoms with Crippen molar-refractivity contribution in [3.63, 3.8) is 0 Å². The predicted octanol–water partition coefficient (Wildman–Crippen LogP) is 7.36. The molecular weight excluding hydrogens is 320 g/mol. The average molecular weight is 363 g/mol. The zero-order chi connectivity index (χ0) is 18.7. The molecule has 3 fully saturated rings. The summed E-state index contributed by atoms with van der Waals surface area (Å²) in [7, 11) is 0. The van der Waals surface area contributed by atoms with Gasteiger partial charge >= 0.3 is 5.97 Å². The first-order valence-corrected chi connectivity index (χ1v) is 11.7. The Morgan fingerprint density at radius 1 is 0.885 bits per heavy atom. The second kappa shape index (κ2) is 8.23. The predicted molar refractivity (Wildman–Crippen MR) is 108 cm³/mol. The smallest absolute Gasteiger partial charge is 0.310 e. The summed E-state index contributed by atoms with van der Waals surface area (Å²) in [6.07, 6.45) is 20.9. The van der Waals surface area contributed by atoms with E-state index in [1.807, 2.05) is 0 Å². The maximum Gasteiger partial charge on any atom is 0.310 e. The highest BCUT2D eigenvalue weighted by atomic mass is 16.4. The highest BCUT2D eigenvalue weighted by molar-refractivity contribution is 5.76. The first-order valence-electron chi connectivity index (χ1n) is 11.7. The van der Waals surface area contributed by atoms with Gasteiger partial charge in [-0.2, -0.15) is 0 Å². The van der Waals surface area contributed by atoms with E-state index in [1.165, 1.54) is 77.0 Å². The molecule has 3 aliphatic carbocycles. The molecule has 0 bridgehead atoms. The summed E-state index contributed by atoms with van der Waals surface area (Å²) in [5.74, 6) is 0.433. The van der Waals surface area contributed by atoms with Crippen LogP contribution in [0.1, 0.15) is 123 Å². The lowest BCUT2D eigenvalue weighted by atomic mass is 9.47. The van der Waals surface area contributed by atoms with Crippen LogP contribution in [-0.4, -0.2) is 11.1 Å². The first kappa shape index (κ1) is 20.2. The molecule has 1 N–H and O–H groups in total. The van der Waals surface area contributed by atoms with Crippen LogP contribution in [0.15, 0.2) is 0 Å². The van der Waals surface area contributed by atoms with E-state index in [0.717, 1.165) is 38.0 Å². The van der Waals surface area contributed by atoms with Gasteiger partial charge in [-0.15, -0.1) is 0 Å². The van der Waals surface area contributed by atoms with Gasteiger partial charge in [0, 0.05) is 0 Å². The fourth-order valence-electron chi connectivity index (χ4n) is 7.12. The Morgan fingerprint density at radius 3 is 2.00 bits per heavy atom. The Balaban J connectivity index is 1.82. The highest BCUT2D eigenvalue weighted by Gasteiger charge is 2.58. The van der Waals surface area contributed by atoms with E-state index in [0.29, 0.717) is 5.41 Å². The van der Waals surface area contributed by atoms with Crippen molar-refractivity contribution in [3.05, 3.63) is 0 Å². The Morgan fingerprint density at radius 2 is 1.46 bits per heavy atom. The molecule has 3 aliphatic rings. The van der Waals surface area contributed by atoms with Gasteiger partial charge in [0.1, 0.15) is 0 Å². The Bertz CT molecular complexity index is 461. The minimum Gasteiger partial charge on any atom is -0.481 e. The van der Waals surface area contributed by atoms with E-state index >= 15 is 0 Å². The second-order valence-corrected chi connectivity index (χ2v) is 10.3. The summed E-state index contributed by atoms with van der Waals surface area (Å²) >= 11 is 0. The average Bonchev–Trinajstić information content (AvgIpc) is 2.69. The molecule has 0 radical (unpaired) electrons. The molecule has 0 aromatic rings. The molecule has 0 aromatic carbocycles. The molecule has 2 heteroatoms. The number of unbranched alkanes of at least 4 members (excludes halogenated alkanes) is 1. The fourth-order valence-corrected chi connectivity index (χ4v) is 7.12. The van der Waals surface area contributed by atoms with Gasteiger partial charge in [0.15, 0.2) is 0 Å². The van der Waals surface area contributed by atoms with Gasteiger partial charge in [0.25, 0.3) is 0 Å². The third-order valence-electron chi connectivity index (χ3n) is 9.08. The zero-order valence-corrected chi connectivity index (χ0v) is 17.5. The van der Waals surface area contributed by atoms with Crippen molar-refractivity contribution in [1.29, 1.82) is 0 Å². The summed E-state index contributed by atoms with van der Waals surface area (Å²) in [5, 5.41) is 10.4. The van der Waals surface area contributed by atoms with Crippen molar-refractivity contribution < 1.29 is 9.90 Å². The quantitative estimate of drug-likeness (QED) is 0.536. The standard InChI is InChI=1S/C24H42O2/c1-3-4-13-23(24(21(25)26)14-9-6-10-15-24)18-16-22(2,17-19-23)20-11-7-5-8-12-20/h20H,3-19H2,1-2H3,(H,25,26). The van der Waals surface area contributed by atoms with Crippen LogP contribution in [0.5, 0.6) is 0 Å². The van der Waals surface area contributed by atoms with E-state index in [2.05, 4.69) is 13.8 Å². The number of carboxylic acids is 1. The van der Waals surface area contributed by atoms with Crippen molar-refractivity contribution in [2.24, 2.45) is 22.2 Å². The minimum absolute atomic E-state index is 0.0729. The molecule has 2 nitrogen and oxygen atoms in total. The molecule has 0 saturated heterocycles. The van der Waals surface area contributed by atoms with Crippen molar-refractivity contribution in [3.8, 4) is 0 Å². The summed E-state index contributed by atoms with van der Waals surface area (Å²) < 4.78 is 0. The highest BCUT2D eigenvalue weighted by Crippen LogP contribution is 2.63. The van der Waals surface area contributed by atoms with Crippen molar-refractivity contribution in [1.82, 2.24) is 0 Å². The number of carbonyl (C=O) groups is 1. The SMILES string of the molecule is CCCCC1(C2(C(=O)O)CCCCC2)CCC(C)(C2CCCCC2)CC1. The van der Waals surface area contributed by atoms with Gasteiger partial charge < -0.3 is 5.11 Å². The Kier molecular flexibility index (Phi) is 6.40. The maximum atomic E-state index is 12.6. The molecule has 26 heavy (non-hydrogen) atoms. The van der Waals surface area contributed by atoms with Gasteiger partial charge in [-0.05, 0) is 74.5 Å². The fraction of sp³-hybridized carbons (Fsp3) is 0.958. The molecule has 0 atom stereocenters. The molecule has 0 spiro atoms. The van der Waals surface area contributed by atoms with Gasteiger partial charge in [-0.25, -0.2) is 0 Å². The second-order valence-electron chi connectivity index (χ2n) is 10.3. The lowest BCUT2D eigenvalue weighted by Gasteiger charge is -2.57. The number of hydrogen-bond donors (Lipinski definition) is 1. The molecule has 3 rings (SSSR count). The minimum atomic E-state index is -0.463. The van der Waals surface area contributed by atoms with Crippen LogP contribution in [0.2, 0.25) is 0 Å². The zero-order valence-electron chi connectivity index (χ0n) is 17.5. The maximum absolute atomic E-state index is 12.6. The first-order chi connectivity index (χ1) is 12.5. The van der Waals surface area contributed by atoms with Crippen LogP contribution in [-0.2, 0) is 4.79 Å². The number of rotatable bonds is 6. The molecule has 3 saturated carbocycles. The lowest BCUT2D eigenvalue weighted by molar-refractivity contribution is -0.170. The van der Waals surface area contributed by atoms with Gasteiger partial charge in [-0.3, -0.25) is 4.79 Å². The van der Waals surface area contributed by atoms with E-state index in [4.69, 9.17) is 0 Å². The molecule has 0 aromatic heterocycles. The van der Waals surface area contributed by atoms with E-state index in [9.17, 15) is 9.90 Å². The third kappa shape index (κ3) is 3.59. The van der Waals surface area contributed by atoms with Crippen LogP contribution >= 0.6 is 0 Å². The van der Waals surface area contributed by atoms with Crippen LogP contribution in [0, 0.1) is 22.2 Å². The van der Waals surface area contributed by atoms with Crippen molar-refractivity contribution >= 4 is 5.97 Å². The van der Waals surface area contributed by atoms with E-state index in [1.54, 1.807) is 0 Å². The summed E-state index contributed by atoms with van der Waals surface area (Å²) in [6, 6.07) is 0. The molecule has 0 amide bonds. The summed E-state index contributed by atoms with van der Waals surface area (Å²) in [4.78, 5) is 12.6. The molecular formula is C24H42O2. The summed E-state index contributed by atoms with van der Waals surface area (Å²) in [6.45, 7) is 4.80. The van der Waals surface area contributed by atoms with Crippen molar-refractivity contribution in [2.45, 2.75) is 123 Å². The molecule has 150 valence electrons. The topological polar surface area (TPSA) is 37.3 Å². The molecule has 0 unspecified atom stereocenters. The van der Waals surface area contributed by atoms with Crippen molar-refractivity contribution in [2.75, 3.05) is 0 Å². The monoisotopic (exact) mass is 362 g/mol. The van der Waals surface area contributed by atoms with Crippen LogP contribution in [0.4, 0.5) is 0 Å². The van der Waals surface area contributed by atoms with Gasteiger partial charge in [0.2, 0.25) is 0 Å². The van der Waals surface area contributed by atoms with Crippen LogP contribution < -0.4 is 0 Å². The van der Waals surface area contributed by atoms with Crippen LogP contribution in [0.3, 0.4) is 0 Å². The number of carboxylic acid groups (broad SMARTS) is 1.